The summed E-state index contributed by atoms with van der Waals surface area (Å²) in [5.41, 5.74) is 5.95. The lowest BCUT2D eigenvalue weighted by Gasteiger charge is -2.41. The Morgan fingerprint density at radius 1 is 1.10 bits per heavy atom. The summed E-state index contributed by atoms with van der Waals surface area (Å²) in [6, 6.07) is 17.1. The number of ether oxygens (including phenoxy) is 1. The number of amides is 1. The maximum absolute atomic E-state index is 13.3. The van der Waals surface area contributed by atoms with Crippen molar-refractivity contribution in [2.45, 2.75) is 33.4 Å². The van der Waals surface area contributed by atoms with Gasteiger partial charge < -0.3 is 14.5 Å². The fourth-order valence-corrected chi connectivity index (χ4v) is 5.73. The minimum absolute atomic E-state index is 0.139. The summed E-state index contributed by atoms with van der Waals surface area (Å²) in [6.45, 7) is 9.28. The highest BCUT2D eigenvalue weighted by Gasteiger charge is 2.30. The number of aryl methyl sites for hydroxylation is 2. The van der Waals surface area contributed by atoms with Crippen molar-refractivity contribution in [2.24, 2.45) is 0 Å². The first kappa shape index (κ1) is 19.2. The number of benzene rings is 2. The van der Waals surface area contributed by atoms with Gasteiger partial charge in [-0.25, -0.2) is 0 Å². The highest BCUT2D eigenvalue weighted by atomic mass is 32.1. The molecule has 0 N–H and O–H groups in total. The van der Waals surface area contributed by atoms with Gasteiger partial charge in [0.15, 0.2) is 0 Å². The SMILES string of the molecule is Cc1ccc(N2CCN(C(=O)c3cc4c(s3)-c3c(C)cccc3OC4)CC2C)cc1. The molecule has 1 amide bonds. The molecule has 4 nitrogen and oxygen atoms in total. The molecule has 3 heterocycles. The lowest BCUT2D eigenvalue weighted by atomic mass is 10.0. The lowest BCUT2D eigenvalue weighted by Crippen LogP contribution is -2.53. The molecule has 0 radical (unpaired) electrons. The van der Waals surface area contributed by atoms with Crippen LogP contribution in [0, 0.1) is 13.8 Å². The number of rotatable bonds is 2. The van der Waals surface area contributed by atoms with Crippen LogP contribution in [-0.4, -0.2) is 36.5 Å². The predicted molar refractivity (Wildman–Crippen MR) is 123 cm³/mol. The van der Waals surface area contributed by atoms with Crippen LogP contribution >= 0.6 is 11.3 Å². The van der Waals surface area contributed by atoms with E-state index in [2.05, 4.69) is 56.0 Å². The average Bonchev–Trinajstić information content (AvgIpc) is 3.18. The van der Waals surface area contributed by atoms with Crippen LogP contribution in [0.3, 0.4) is 0 Å². The number of fused-ring (bicyclic) bond motifs is 3. The molecule has 1 fully saturated rings. The third-order valence-electron chi connectivity index (χ3n) is 6.14. The molecule has 0 bridgehead atoms. The molecule has 1 atom stereocenters. The summed E-state index contributed by atoms with van der Waals surface area (Å²) in [7, 11) is 0. The Hall–Kier alpha value is -2.79. The van der Waals surface area contributed by atoms with Crippen molar-refractivity contribution in [2.75, 3.05) is 24.5 Å². The van der Waals surface area contributed by atoms with Crippen LogP contribution in [0.2, 0.25) is 0 Å². The first-order chi connectivity index (χ1) is 14.5. The fraction of sp³-hybridized carbons (Fsp3) is 0.320. The minimum atomic E-state index is 0.139. The smallest absolute Gasteiger partial charge is 0.264 e. The molecule has 1 aromatic heterocycles. The lowest BCUT2D eigenvalue weighted by molar-refractivity contribution is 0.0731. The standard InChI is InChI=1S/C25H26N2O2S/c1-16-7-9-20(10-8-16)27-12-11-26(14-18(27)3)25(28)22-13-19-15-29-21-6-4-5-17(2)23(21)24(19)30-22/h4-10,13,18H,11-12,14-15H2,1-3H3. The molecule has 5 rings (SSSR count). The zero-order valence-electron chi connectivity index (χ0n) is 17.6. The Balaban J connectivity index is 1.36. The topological polar surface area (TPSA) is 32.8 Å². The molecule has 1 saturated heterocycles. The van der Waals surface area contributed by atoms with Gasteiger partial charge in [0.05, 0.1) is 4.88 Å². The monoisotopic (exact) mass is 418 g/mol. The molecule has 2 aliphatic rings. The second-order valence-corrected chi connectivity index (χ2v) is 9.38. The summed E-state index contributed by atoms with van der Waals surface area (Å²) in [4.78, 5) is 19.7. The van der Waals surface area contributed by atoms with E-state index in [1.54, 1.807) is 11.3 Å². The van der Waals surface area contributed by atoms with Crippen LogP contribution in [0.15, 0.2) is 48.5 Å². The van der Waals surface area contributed by atoms with Crippen LogP contribution in [0.4, 0.5) is 5.69 Å². The normalized spacial score (nSPS) is 17.9. The van der Waals surface area contributed by atoms with Gasteiger partial charge in [0, 0.05) is 47.4 Å². The molecule has 2 aliphatic heterocycles. The van der Waals surface area contributed by atoms with Crippen LogP contribution in [0.5, 0.6) is 5.75 Å². The molecule has 2 aromatic carbocycles. The summed E-state index contributed by atoms with van der Waals surface area (Å²) >= 11 is 1.61. The predicted octanol–water partition coefficient (Wildman–Crippen LogP) is 5.28. The molecule has 5 heteroatoms. The van der Waals surface area contributed by atoms with Crippen molar-refractivity contribution in [3.05, 3.63) is 70.1 Å². The summed E-state index contributed by atoms with van der Waals surface area (Å²) < 4.78 is 5.93. The highest BCUT2D eigenvalue weighted by molar-refractivity contribution is 7.17. The van der Waals surface area contributed by atoms with Gasteiger partial charge in [-0.2, -0.15) is 0 Å². The molecule has 3 aromatic rings. The molecule has 154 valence electrons. The van der Waals surface area contributed by atoms with Crippen molar-refractivity contribution < 1.29 is 9.53 Å². The number of piperazine rings is 1. The van der Waals surface area contributed by atoms with E-state index in [0.717, 1.165) is 41.4 Å². The maximum atomic E-state index is 13.3. The average molecular weight is 419 g/mol. The summed E-state index contributed by atoms with van der Waals surface area (Å²) in [5, 5.41) is 0. The minimum Gasteiger partial charge on any atom is -0.488 e. The number of thiophene rings is 1. The van der Waals surface area contributed by atoms with E-state index in [1.807, 2.05) is 23.1 Å². The molecular formula is C25H26N2O2S. The quantitative estimate of drug-likeness (QED) is 0.568. The van der Waals surface area contributed by atoms with Crippen LogP contribution < -0.4 is 9.64 Å². The highest BCUT2D eigenvalue weighted by Crippen LogP contribution is 2.44. The van der Waals surface area contributed by atoms with Crippen LogP contribution in [0.25, 0.3) is 10.4 Å². The second-order valence-electron chi connectivity index (χ2n) is 8.33. The van der Waals surface area contributed by atoms with Crippen molar-refractivity contribution in [1.82, 2.24) is 4.90 Å². The van der Waals surface area contributed by atoms with Crippen molar-refractivity contribution in [1.29, 1.82) is 0 Å². The number of carbonyl (C=O) groups excluding carboxylic acids is 1. The largest absolute Gasteiger partial charge is 0.488 e. The van der Waals surface area contributed by atoms with Gasteiger partial charge in [-0.3, -0.25) is 4.79 Å². The zero-order chi connectivity index (χ0) is 20.8. The number of nitrogens with zero attached hydrogens (tertiary/aromatic N) is 2. The van der Waals surface area contributed by atoms with Crippen LogP contribution in [0.1, 0.15) is 33.3 Å². The number of hydrogen-bond donors (Lipinski definition) is 0. The molecular weight excluding hydrogens is 392 g/mol. The van der Waals surface area contributed by atoms with E-state index in [4.69, 9.17) is 4.74 Å². The van der Waals surface area contributed by atoms with Gasteiger partial charge in [-0.15, -0.1) is 11.3 Å². The first-order valence-corrected chi connectivity index (χ1v) is 11.3. The number of carbonyl (C=O) groups is 1. The maximum Gasteiger partial charge on any atom is 0.264 e. The van der Waals surface area contributed by atoms with Crippen molar-refractivity contribution in [3.8, 4) is 16.2 Å². The van der Waals surface area contributed by atoms with Gasteiger partial charge in [-0.1, -0.05) is 29.8 Å². The third kappa shape index (κ3) is 3.27. The van der Waals surface area contributed by atoms with E-state index in [9.17, 15) is 4.79 Å². The third-order valence-corrected chi connectivity index (χ3v) is 7.33. The zero-order valence-corrected chi connectivity index (χ0v) is 18.5. The molecule has 1 unspecified atom stereocenters. The van der Waals surface area contributed by atoms with E-state index in [1.165, 1.54) is 21.7 Å². The Morgan fingerprint density at radius 3 is 2.67 bits per heavy atom. The Labute approximate surface area is 181 Å². The van der Waals surface area contributed by atoms with Gasteiger partial charge in [-0.05, 0) is 50.6 Å². The summed E-state index contributed by atoms with van der Waals surface area (Å²) in [6.07, 6.45) is 0. The fourth-order valence-electron chi connectivity index (χ4n) is 4.48. The van der Waals surface area contributed by atoms with E-state index in [0.29, 0.717) is 6.61 Å². The number of hydrogen-bond acceptors (Lipinski definition) is 4. The van der Waals surface area contributed by atoms with Crippen molar-refractivity contribution in [3.63, 3.8) is 0 Å². The first-order valence-electron chi connectivity index (χ1n) is 10.5. The van der Waals surface area contributed by atoms with E-state index < -0.39 is 0 Å². The second kappa shape index (κ2) is 7.47. The molecule has 0 aliphatic carbocycles. The molecule has 0 spiro atoms. The van der Waals surface area contributed by atoms with Gasteiger partial charge in [0.25, 0.3) is 5.91 Å². The Bertz CT molecular complexity index is 1100. The Kier molecular flexibility index (Phi) is 4.78. The van der Waals surface area contributed by atoms with E-state index >= 15 is 0 Å². The van der Waals surface area contributed by atoms with Crippen molar-refractivity contribution >= 4 is 22.9 Å². The number of anilines is 1. The van der Waals surface area contributed by atoms with E-state index in [-0.39, 0.29) is 11.9 Å². The molecule has 0 saturated carbocycles. The van der Waals surface area contributed by atoms with Gasteiger partial charge in [0.1, 0.15) is 12.4 Å². The van der Waals surface area contributed by atoms with Crippen LogP contribution in [-0.2, 0) is 6.61 Å². The summed E-state index contributed by atoms with van der Waals surface area (Å²) in [5.74, 6) is 1.06. The van der Waals surface area contributed by atoms with Gasteiger partial charge >= 0.3 is 0 Å². The van der Waals surface area contributed by atoms with Gasteiger partial charge in [0.2, 0.25) is 0 Å². The molecule has 30 heavy (non-hydrogen) atoms. The Morgan fingerprint density at radius 2 is 1.90 bits per heavy atom.